The van der Waals surface area contributed by atoms with Crippen LogP contribution in [0.2, 0.25) is 0 Å². The van der Waals surface area contributed by atoms with E-state index in [1.165, 1.54) is 21.5 Å². The molecule has 0 saturated carbocycles. The van der Waals surface area contributed by atoms with Gasteiger partial charge in [-0.05, 0) is 51.9 Å². The van der Waals surface area contributed by atoms with Crippen LogP contribution in [0.25, 0.3) is 54.7 Å². The SMILES string of the molecule is c1ccc(-c2cccc3oc4cc5c(ccc6ccccc65)cc4c23)nc1. The number of nitrogens with zero attached hydrogens (tertiary/aromatic N) is 1. The second-order valence-electron chi connectivity index (χ2n) is 6.85. The number of hydrogen-bond donors (Lipinski definition) is 0. The summed E-state index contributed by atoms with van der Waals surface area (Å²) in [5.41, 5.74) is 3.88. The van der Waals surface area contributed by atoms with E-state index in [0.717, 1.165) is 33.2 Å². The van der Waals surface area contributed by atoms with Gasteiger partial charge in [-0.1, -0.05) is 54.6 Å². The largest absolute Gasteiger partial charge is 0.456 e. The molecule has 0 amide bonds. The molecule has 0 saturated heterocycles. The van der Waals surface area contributed by atoms with Crippen LogP contribution < -0.4 is 0 Å². The first kappa shape index (κ1) is 14.5. The zero-order chi connectivity index (χ0) is 17.8. The Morgan fingerprint density at radius 2 is 1.48 bits per heavy atom. The van der Waals surface area contributed by atoms with Crippen LogP contribution in [0.1, 0.15) is 0 Å². The number of fused-ring (bicyclic) bond motifs is 6. The van der Waals surface area contributed by atoms with Crippen molar-refractivity contribution in [3.63, 3.8) is 0 Å². The molecule has 4 aromatic carbocycles. The first-order valence-corrected chi connectivity index (χ1v) is 9.07. The molecule has 0 N–H and O–H groups in total. The number of benzene rings is 4. The Kier molecular flexibility index (Phi) is 2.91. The topological polar surface area (TPSA) is 26.0 Å². The highest BCUT2D eigenvalue weighted by molar-refractivity contribution is 6.18. The maximum atomic E-state index is 6.24. The van der Waals surface area contributed by atoms with Gasteiger partial charge in [-0.3, -0.25) is 4.98 Å². The maximum Gasteiger partial charge on any atom is 0.136 e. The van der Waals surface area contributed by atoms with Crippen molar-refractivity contribution in [1.29, 1.82) is 0 Å². The number of rotatable bonds is 1. The van der Waals surface area contributed by atoms with Crippen LogP contribution in [0.5, 0.6) is 0 Å². The Labute approximate surface area is 155 Å². The average molecular weight is 345 g/mol. The molecule has 0 unspecified atom stereocenters. The molecule has 0 atom stereocenters. The summed E-state index contributed by atoms with van der Waals surface area (Å²) >= 11 is 0. The van der Waals surface area contributed by atoms with Gasteiger partial charge >= 0.3 is 0 Å². The molecule has 2 aromatic heterocycles. The molecule has 2 nitrogen and oxygen atoms in total. The first-order chi connectivity index (χ1) is 13.4. The van der Waals surface area contributed by atoms with Crippen molar-refractivity contribution in [2.24, 2.45) is 0 Å². The first-order valence-electron chi connectivity index (χ1n) is 9.07. The van der Waals surface area contributed by atoms with E-state index in [1.807, 2.05) is 36.5 Å². The van der Waals surface area contributed by atoms with Crippen molar-refractivity contribution < 1.29 is 4.42 Å². The molecular weight excluding hydrogens is 330 g/mol. The molecule has 0 spiro atoms. The summed E-state index contributed by atoms with van der Waals surface area (Å²) < 4.78 is 6.24. The smallest absolute Gasteiger partial charge is 0.136 e. The summed E-state index contributed by atoms with van der Waals surface area (Å²) in [7, 11) is 0. The van der Waals surface area contributed by atoms with Gasteiger partial charge in [0.05, 0.1) is 5.69 Å². The molecule has 0 aliphatic rings. The van der Waals surface area contributed by atoms with Crippen molar-refractivity contribution in [3.05, 3.63) is 91.1 Å². The summed E-state index contributed by atoms with van der Waals surface area (Å²) in [5.74, 6) is 0. The van der Waals surface area contributed by atoms with E-state index in [9.17, 15) is 0 Å². The van der Waals surface area contributed by atoms with Gasteiger partial charge in [-0.15, -0.1) is 0 Å². The Morgan fingerprint density at radius 3 is 2.41 bits per heavy atom. The van der Waals surface area contributed by atoms with Crippen LogP contribution in [-0.4, -0.2) is 4.98 Å². The molecule has 2 heterocycles. The number of hydrogen-bond acceptors (Lipinski definition) is 2. The normalized spacial score (nSPS) is 11.7. The van der Waals surface area contributed by atoms with Crippen LogP contribution in [0.3, 0.4) is 0 Å². The fraction of sp³-hybridized carbons (Fsp3) is 0. The van der Waals surface area contributed by atoms with E-state index in [1.54, 1.807) is 0 Å². The highest BCUT2D eigenvalue weighted by Gasteiger charge is 2.14. The van der Waals surface area contributed by atoms with Crippen molar-refractivity contribution >= 4 is 43.5 Å². The lowest BCUT2D eigenvalue weighted by molar-refractivity contribution is 0.669. The highest BCUT2D eigenvalue weighted by atomic mass is 16.3. The van der Waals surface area contributed by atoms with Gasteiger partial charge in [-0.2, -0.15) is 0 Å². The minimum atomic E-state index is 0.896. The molecule has 6 rings (SSSR count). The standard InChI is InChI=1S/C25H15NO/c1-2-7-18-16(6-1)11-12-17-14-21-24(15-20(17)18)27-23-10-5-8-19(25(21)23)22-9-3-4-13-26-22/h1-15H. The van der Waals surface area contributed by atoms with E-state index in [-0.39, 0.29) is 0 Å². The minimum absolute atomic E-state index is 0.896. The number of pyridine rings is 1. The number of furan rings is 1. The van der Waals surface area contributed by atoms with Crippen LogP contribution in [0.15, 0.2) is 95.5 Å². The van der Waals surface area contributed by atoms with E-state index in [0.29, 0.717) is 0 Å². The summed E-state index contributed by atoms with van der Waals surface area (Å²) in [6.45, 7) is 0. The van der Waals surface area contributed by atoms with Crippen LogP contribution in [0, 0.1) is 0 Å². The van der Waals surface area contributed by atoms with Crippen molar-refractivity contribution in [2.45, 2.75) is 0 Å². The summed E-state index contributed by atoms with van der Waals surface area (Å²) in [4.78, 5) is 4.55. The van der Waals surface area contributed by atoms with Gasteiger partial charge in [0, 0.05) is 22.5 Å². The van der Waals surface area contributed by atoms with Gasteiger partial charge in [0.15, 0.2) is 0 Å². The lowest BCUT2D eigenvalue weighted by atomic mass is 9.98. The van der Waals surface area contributed by atoms with E-state index in [4.69, 9.17) is 4.42 Å². The fourth-order valence-corrected chi connectivity index (χ4v) is 4.06. The second kappa shape index (κ2) is 5.42. The zero-order valence-corrected chi connectivity index (χ0v) is 14.5. The maximum absolute atomic E-state index is 6.24. The fourth-order valence-electron chi connectivity index (χ4n) is 4.06. The van der Waals surface area contributed by atoms with Gasteiger partial charge in [0.1, 0.15) is 11.2 Å². The van der Waals surface area contributed by atoms with Crippen molar-refractivity contribution in [2.75, 3.05) is 0 Å². The lowest BCUT2D eigenvalue weighted by Gasteiger charge is -2.05. The van der Waals surface area contributed by atoms with Gasteiger partial charge in [0.25, 0.3) is 0 Å². The van der Waals surface area contributed by atoms with Crippen LogP contribution in [-0.2, 0) is 0 Å². The van der Waals surface area contributed by atoms with E-state index in [2.05, 4.69) is 59.6 Å². The Hall–Kier alpha value is -3.65. The molecule has 0 bridgehead atoms. The molecule has 0 aliphatic heterocycles. The third-order valence-corrected chi connectivity index (χ3v) is 5.30. The van der Waals surface area contributed by atoms with Crippen molar-refractivity contribution in [1.82, 2.24) is 4.98 Å². The Balaban J connectivity index is 1.77. The molecule has 0 fully saturated rings. The zero-order valence-electron chi connectivity index (χ0n) is 14.5. The number of aromatic nitrogens is 1. The van der Waals surface area contributed by atoms with Gasteiger partial charge in [0.2, 0.25) is 0 Å². The third kappa shape index (κ3) is 2.10. The molecular formula is C25H15NO. The van der Waals surface area contributed by atoms with E-state index >= 15 is 0 Å². The molecule has 6 aromatic rings. The predicted molar refractivity (Wildman–Crippen MR) is 112 cm³/mol. The highest BCUT2D eigenvalue weighted by Crippen LogP contribution is 2.38. The molecule has 2 heteroatoms. The molecule has 27 heavy (non-hydrogen) atoms. The van der Waals surface area contributed by atoms with Gasteiger partial charge < -0.3 is 4.42 Å². The molecule has 0 radical (unpaired) electrons. The summed E-state index contributed by atoms with van der Waals surface area (Å²) in [5, 5.41) is 7.20. The van der Waals surface area contributed by atoms with Crippen molar-refractivity contribution in [3.8, 4) is 11.3 Å². The van der Waals surface area contributed by atoms with Crippen LogP contribution >= 0.6 is 0 Å². The Bertz CT molecular complexity index is 1460. The Morgan fingerprint density at radius 1 is 0.593 bits per heavy atom. The predicted octanol–water partition coefficient (Wildman–Crippen LogP) is 6.95. The summed E-state index contributed by atoms with van der Waals surface area (Å²) in [6.07, 6.45) is 1.83. The minimum Gasteiger partial charge on any atom is -0.456 e. The third-order valence-electron chi connectivity index (χ3n) is 5.30. The lowest BCUT2D eigenvalue weighted by Crippen LogP contribution is -1.83. The average Bonchev–Trinajstić information content (AvgIpc) is 3.10. The van der Waals surface area contributed by atoms with Gasteiger partial charge in [-0.25, -0.2) is 0 Å². The quantitative estimate of drug-likeness (QED) is 0.301. The summed E-state index contributed by atoms with van der Waals surface area (Å²) in [6, 6.07) is 29.5. The monoisotopic (exact) mass is 345 g/mol. The second-order valence-corrected chi connectivity index (χ2v) is 6.85. The van der Waals surface area contributed by atoms with E-state index < -0.39 is 0 Å². The molecule has 0 aliphatic carbocycles. The molecule has 126 valence electrons. The van der Waals surface area contributed by atoms with Crippen LogP contribution in [0.4, 0.5) is 0 Å².